The zero-order chi connectivity index (χ0) is 21.5. The predicted molar refractivity (Wildman–Crippen MR) is 118 cm³/mol. The summed E-state index contributed by atoms with van der Waals surface area (Å²) in [5.41, 5.74) is -0.102. The fourth-order valence-corrected chi connectivity index (χ4v) is 5.20. The van der Waals surface area contributed by atoms with Crippen LogP contribution in [0, 0.1) is 5.41 Å². The van der Waals surface area contributed by atoms with Gasteiger partial charge < -0.3 is 19.3 Å². The molecule has 0 aromatic rings. The first-order valence-corrected chi connectivity index (χ1v) is 13.4. The fraction of sp³-hybridized carbons (Fsp3) is 1.00. The van der Waals surface area contributed by atoms with Crippen molar-refractivity contribution in [2.75, 3.05) is 26.5 Å². The molecule has 0 saturated heterocycles. The van der Waals surface area contributed by atoms with Crippen LogP contribution in [-0.4, -0.2) is 42.1 Å². The van der Waals surface area contributed by atoms with Gasteiger partial charge in [0.2, 0.25) is 0 Å². The predicted octanol–water partition coefficient (Wildman–Crippen LogP) is 6.31. The molecule has 1 atom stereocenters. The Kier molecular flexibility index (Phi) is 15.0. The Morgan fingerprint density at radius 1 is 0.786 bits per heavy atom. The average Bonchev–Trinajstić information content (AvgIpc) is 2.67. The monoisotopic (exact) mass is 422 g/mol. The lowest BCUT2D eigenvalue weighted by atomic mass is 9.74. The number of aliphatic hydroxyl groups excluding tert-OH is 1. The molecule has 0 radical (unpaired) electrons. The highest BCUT2D eigenvalue weighted by atomic mass is 31.2. The largest absolute Gasteiger partial charge is 0.396 e. The minimum Gasteiger partial charge on any atom is -0.396 e. The first-order chi connectivity index (χ1) is 13.2. The van der Waals surface area contributed by atoms with E-state index in [1.165, 1.54) is 32.3 Å². The molecule has 0 saturated carbocycles. The zero-order valence-electron chi connectivity index (χ0n) is 19.2. The molecule has 0 aromatic carbocycles. The second kappa shape index (κ2) is 15.0. The molecule has 0 spiro atoms. The summed E-state index contributed by atoms with van der Waals surface area (Å²) >= 11 is 0. The molecule has 6 heteroatoms. The summed E-state index contributed by atoms with van der Waals surface area (Å²) in [6.07, 6.45) is 12.0. The Hall–Kier alpha value is 0.0700. The minimum atomic E-state index is -3.47. The van der Waals surface area contributed by atoms with E-state index in [1.54, 1.807) is 0 Å². The van der Waals surface area contributed by atoms with Crippen molar-refractivity contribution in [3.05, 3.63) is 0 Å². The van der Waals surface area contributed by atoms with E-state index in [9.17, 15) is 9.46 Å². The SMILES string of the molecule is CCC(CC)(CCCO)CCCCOCCCCC(CC)(CC)OP(C)(=O)O. The van der Waals surface area contributed by atoms with Crippen LogP contribution in [-0.2, 0) is 13.8 Å². The molecule has 0 aliphatic carbocycles. The van der Waals surface area contributed by atoms with Crippen molar-refractivity contribution in [3.63, 3.8) is 0 Å². The topological polar surface area (TPSA) is 76.0 Å². The number of rotatable bonds is 19. The Labute approximate surface area is 174 Å². The van der Waals surface area contributed by atoms with Crippen LogP contribution in [0.2, 0.25) is 0 Å². The molecule has 28 heavy (non-hydrogen) atoms. The lowest BCUT2D eigenvalue weighted by Gasteiger charge is -2.32. The van der Waals surface area contributed by atoms with E-state index in [1.807, 2.05) is 13.8 Å². The van der Waals surface area contributed by atoms with Gasteiger partial charge in [-0.25, -0.2) is 0 Å². The van der Waals surface area contributed by atoms with Gasteiger partial charge in [-0.2, -0.15) is 0 Å². The van der Waals surface area contributed by atoms with Crippen molar-refractivity contribution in [3.8, 4) is 0 Å². The zero-order valence-corrected chi connectivity index (χ0v) is 20.1. The number of hydrogen-bond acceptors (Lipinski definition) is 4. The van der Waals surface area contributed by atoms with Gasteiger partial charge in [-0.1, -0.05) is 47.0 Å². The third-order valence-electron chi connectivity index (χ3n) is 6.43. The molecule has 0 fully saturated rings. The van der Waals surface area contributed by atoms with E-state index in [-0.39, 0.29) is 0 Å². The maximum absolute atomic E-state index is 11.7. The summed E-state index contributed by atoms with van der Waals surface area (Å²) in [4.78, 5) is 9.58. The third kappa shape index (κ3) is 11.9. The molecule has 0 amide bonds. The van der Waals surface area contributed by atoms with Gasteiger partial charge in [-0.3, -0.25) is 4.57 Å². The summed E-state index contributed by atoms with van der Waals surface area (Å²) in [6.45, 7) is 11.7. The summed E-state index contributed by atoms with van der Waals surface area (Å²) in [6, 6.07) is 0. The average molecular weight is 423 g/mol. The van der Waals surface area contributed by atoms with E-state index in [0.29, 0.717) is 12.0 Å². The van der Waals surface area contributed by atoms with Crippen LogP contribution in [0.15, 0.2) is 0 Å². The van der Waals surface area contributed by atoms with Gasteiger partial charge in [0.25, 0.3) is 0 Å². The molecule has 170 valence electrons. The maximum atomic E-state index is 11.7. The van der Waals surface area contributed by atoms with Gasteiger partial charge in [0.05, 0.1) is 5.60 Å². The normalized spacial score (nSPS) is 15.0. The van der Waals surface area contributed by atoms with Crippen LogP contribution in [0.3, 0.4) is 0 Å². The molecule has 0 aliphatic heterocycles. The molecule has 0 rings (SSSR count). The highest BCUT2D eigenvalue weighted by Crippen LogP contribution is 2.46. The maximum Gasteiger partial charge on any atom is 0.325 e. The molecule has 0 aromatic heterocycles. The van der Waals surface area contributed by atoms with Gasteiger partial charge in [0.1, 0.15) is 0 Å². The molecule has 5 nitrogen and oxygen atoms in total. The number of ether oxygens (including phenoxy) is 1. The van der Waals surface area contributed by atoms with E-state index in [0.717, 1.165) is 64.6 Å². The lowest BCUT2D eigenvalue weighted by Crippen LogP contribution is -2.30. The molecular formula is C22H47O5P. The van der Waals surface area contributed by atoms with Gasteiger partial charge in [0.15, 0.2) is 0 Å². The molecular weight excluding hydrogens is 375 g/mol. The Morgan fingerprint density at radius 3 is 1.71 bits per heavy atom. The molecule has 0 aliphatic rings. The van der Waals surface area contributed by atoms with Crippen LogP contribution < -0.4 is 0 Å². The smallest absolute Gasteiger partial charge is 0.325 e. The molecule has 0 bridgehead atoms. The Morgan fingerprint density at radius 2 is 1.29 bits per heavy atom. The van der Waals surface area contributed by atoms with Crippen molar-refractivity contribution < 1.29 is 23.8 Å². The van der Waals surface area contributed by atoms with Crippen molar-refractivity contribution in [1.29, 1.82) is 0 Å². The van der Waals surface area contributed by atoms with E-state index in [2.05, 4.69) is 13.8 Å². The van der Waals surface area contributed by atoms with E-state index < -0.39 is 13.2 Å². The van der Waals surface area contributed by atoms with Gasteiger partial charge in [-0.15, -0.1) is 0 Å². The van der Waals surface area contributed by atoms with Gasteiger partial charge in [0, 0.05) is 26.5 Å². The quantitative estimate of drug-likeness (QED) is 0.188. The lowest BCUT2D eigenvalue weighted by molar-refractivity contribution is 0.0352. The highest BCUT2D eigenvalue weighted by molar-refractivity contribution is 7.51. The number of unbranched alkanes of at least 4 members (excludes halogenated alkanes) is 2. The summed E-state index contributed by atoms with van der Waals surface area (Å²) in [5.74, 6) is 0. The van der Waals surface area contributed by atoms with Crippen molar-refractivity contribution in [2.24, 2.45) is 5.41 Å². The van der Waals surface area contributed by atoms with Crippen molar-refractivity contribution in [1.82, 2.24) is 0 Å². The highest BCUT2D eigenvalue weighted by Gasteiger charge is 2.32. The van der Waals surface area contributed by atoms with E-state index in [4.69, 9.17) is 14.4 Å². The first-order valence-electron chi connectivity index (χ1n) is 11.4. The second-order valence-corrected chi connectivity index (χ2v) is 10.1. The van der Waals surface area contributed by atoms with Crippen LogP contribution in [0.1, 0.15) is 105 Å². The standard InChI is InChI=1S/C22H47O5P/c1-6-21(7-2,16-14-18-23)15-10-12-19-26-20-13-11-17-22(8-3,9-4)27-28(5,24)25/h23H,6-20H2,1-5H3,(H,24,25). The van der Waals surface area contributed by atoms with Crippen molar-refractivity contribution >= 4 is 7.60 Å². The van der Waals surface area contributed by atoms with Crippen LogP contribution >= 0.6 is 7.60 Å². The van der Waals surface area contributed by atoms with Crippen molar-refractivity contribution in [2.45, 2.75) is 110 Å². The number of hydrogen-bond donors (Lipinski definition) is 2. The molecule has 2 N–H and O–H groups in total. The fourth-order valence-electron chi connectivity index (χ4n) is 4.13. The third-order valence-corrected chi connectivity index (χ3v) is 7.16. The summed E-state index contributed by atoms with van der Waals surface area (Å²) < 4.78 is 23.0. The Bertz CT molecular complexity index is 413. The Balaban J connectivity index is 3.98. The van der Waals surface area contributed by atoms with Gasteiger partial charge >= 0.3 is 7.60 Å². The minimum absolute atomic E-state index is 0.293. The van der Waals surface area contributed by atoms with E-state index >= 15 is 0 Å². The molecule has 1 unspecified atom stereocenters. The second-order valence-electron chi connectivity index (χ2n) is 8.35. The van der Waals surface area contributed by atoms with Crippen LogP contribution in [0.25, 0.3) is 0 Å². The first kappa shape index (κ1) is 28.1. The number of aliphatic hydroxyl groups is 1. The molecule has 0 heterocycles. The summed E-state index contributed by atoms with van der Waals surface area (Å²) in [5, 5.41) is 9.12. The van der Waals surface area contributed by atoms with Crippen LogP contribution in [0.4, 0.5) is 0 Å². The van der Waals surface area contributed by atoms with Crippen LogP contribution in [0.5, 0.6) is 0 Å². The summed E-state index contributed by atoms with van der Waals surface area (Å²) in [7, 11) is -3.47. The van der Waals surface area contributed by atoms with Gasteiger partial charge in [-0.05, 0) is 63.2 Å².